The molecular weight excluding hydrogens is 322 g/mol. The summed E-state index contributed by atoms with van der Waals surface area (Å²) in [4.78, 5) is 5.79. The summed E-state index contributed by atoms with van der Waals surface area (Å²) in [5.41, 5.74) is 9.93. The standard InChI is InChI=1S/C17H17N5OS/c1-21-12-6-3-2-5-11(12)19-17(21)14-15(13-7-4-10-24-13)20-22(8-9-23)16(14)18/h2-7,10,23H,8-9,18H2,1H3. The Morgan fingerprint density at radius 2 is 2.04 bits per heavy atom. The molecule has 0 bridgehead atoms. The maximum atomic E-state index is 9.28. The number of aromatic nitrogens is 4. The average molecular weight is 339 g/mol. The van der Waals surface area contributed by atoms with Gasteiger partial charge in [0.1, 0.15) is 17.3 Å². The van der Waals surface area contributed by atoms with Crippen molar-refractivity contribution >= 4 is 28.2 Å². The molecule has 0 fully saturated rings. The molecule has 0 aliphatic heterocycles. The van der Waals surface area contributed by atoms with E-state index in [0.29, 0.717) is 12.4 Å². The Morgan fingerprint density at radius 1 is 1.21 bits per heavy atom. The highest BCUT2D eigenvalue weighted by Gasteiger charge is 2.23. The van der Waals surface area contributed by atoms with Gasteiger partial charge in [0.2, 0.25) is 0 Å². The second kappa shape index (κ2) is 5.77. The Morgan fingerprint density at radius 3 is 2.75 bits per heavy atom. The first-order valence-electron chi connectivity index (χ1n) is 7.63. The number of nitrogens with two attached hydrogens (primary N) is 1. The van der Waals surface area contributed by atoms with Crippen LogP contribution in [-0.4, -0.2) is 31.0 Å². The van der Waals surface area contributed by atoms with Gasteiger partial charge >= 0.3 is 0 Å². The van der Waals surface area contributed by atoms with Gasteiger partial charge in [-0.3, -0.25) is 0 Å². The zero-order valence-corrected chi connectivity index (χ0v) is 14.0. The minimum atomic E-state index is -0.0161. The SMILES string of the molecule is Cn1c(-c2c(-c3cccs3)nn(CCO)c2N)nc2ccccc21. The van der Waals surface area contributed by atoms with Gasteiger partial charge in [0.05, 0.1) is 34.6 Å². The van der Waals surface area contributed by atoms with Crippen molar-refractivity contribution in [3.63, 3.8) is 0 Å². The number of fused-ring (bicyclic) bond motifs is 1. The van der Waals surface area contributed by atoms with Crippen LogP contribution in [0.5, 0.6) is 0 Å². The number of rotatable bonds is 4. The Bertz CT molecular complexity index is 1000. The molecule has 0 spiro atoms. The van der Waals surface area contributed by atoms with Gasteiger partial charge in [-0.2, -0.15) is 5.10 Å². The monoisotopic (exact) mass is 339 g/mol. The molecule has 0 unspecified atom stereocenters. The first-order valence-corrected chi connectivity index (χ1v) is 8.51. The van der Waals surface area contributed by atoms with E-state index in [2.05, 4.69) is 5.10 Å². The van der Waals surface area contributed by atoms with Crippen LogP contribution in [0.1, 0.15) is 0 Å². The fourth-order valence-corrected chi connectivity index (χ4v) is 3.63. The first-order chi connectivity index (χ1) is 11.7. The lowest BCUT2D eigenvalue weighted by Crippen LogP contribution is -2.08. The molecule has 3 N–H and O–H groups in total. The summed E-state index contributed by atoms with van der Waals surface area (Å²) in [6, 6.07) is 12.0. The van der Waals surface area contributed by atoms with Crippen LogP contribution < -0.4 is 5.73 Å². The van der Waals surface area contributed by atoms with E-state index in [4.69, 9.17) is 10.7 Å². The Balaban J connectivity index is 2.00. The first kappa shape index (κ1) is 14.9. The smallest absolute Gasteiger partial charge is 0.146 e. The van der Waals surface area contributed by atoms with E-state index >= 15 is 0 Å². The molecule has 0 aliphatic carbocycles. The lowest BCUT2D eigenvalue weighted by Gasteiger charge is -2.04. The predicted octanol–water partition coefficient (Wildman–Crippen LogP) is 2.74. The molecule has 122 valence electrons. The van der Waals surface area contributed by atoms with Crippen LogP contribution in [0, 0.1) is 0 Å². The molecule has 6 nitrogen and oxygen atoms in total. The molecule has 0 amide bonds. The lowest BCUT2D eigenvalue weighted by atomic mass is 10.2. The van der Waals surface area contributed by atoms with Crippen LogP contribution in [0.2, 0.25) is 0 Å². The Labute approximate surface area is 142 Å². The van der Waals surface area contributed by atoms with Crippen molar-refractivity contribution in [1.82, 2.24) is 19.3 Å². The van der Waals surface area contributed by atoms with Crippen molar-refractivity contribution < 1.29 is 5.11 Å². The number of imidazole rings is 1. The van der Waals surface area contributed by atoms with Gasteiger partial charge in [0.25, 0.3) is 0 Å². The summed E-state index contributed by atoms with van der Waals surface area (Å²) < 4.78 is 3.67. The van der Waals surface area contributed by atoms with E-state index < -0.39 is 0 Å². The topological polar surface area (TPSA) is 81.9 Å². The third-order valence-electron chi connectivity index (χ3n) is 4.07. The summed E-state index contributed by atoms with van der Waals surface area (Å²) in [6.07, 6.45) is 0. The number of hydrogen-bond donors (Lipinski definition) is 2. The molecule has 4 rings (SSSR count). The van der Waals surface area contributed by atoms with Crippen molar-refractivity contribution in [3.8, 4) is 22.0 Å². The number of thiophene rings is 1. The molecule has 4 aromatic rings. The molecule has 0 atom stereocenters. The van der Waals surface area contributed by atoms with E-state index in [1.165, 1.54) is 0 Å². The summed E-state index contributed by atoms with van der Waals surface area (Å²) in [5, 5.41) is 15.9. The fraction of sp³-hybridized carbons (Fsp3) is 0.176. The number of hydrogen-bond acceptors (Lipinski definition) is 5. The van der Waals surface area contributed by atoms with E-state index in [1.807, 2.05) is 53.4 Å². The van der Waals surface area contributed by atoms with Crippen LogP contribution in [-0.2, 0) is 13.6 Å². The Kier molecular flexibility index (Phi) is 3.59. The fourth-order valence-electron chi connectivity index (χ4n) is 2.92. The van der Waals surface area contributed by atoms with E-state index in [0.717, 1.165) is 33.0 Å². The van der Waals surface area contributed by atoms with Crippen LogP contribution in [0.4, 0.5) is 5.82 Å². The maximum Gasteiger partial charge on any atom is 0.146 e. The second-order valence-electron chi connectivity index (χ2n) is 5.52. The number of nitrogen functional groups attached to an aromatic ring is 1. The Hall–Kier alpha value is -2.64. The maximum absolute atomic E-state index is 9.28. The molecule has 0 aliphatic rings. The van der Waals surface area contributed by atoms with Crippen molar-refractivity contribution in [2.75, 3.05) is 12.3 Å². The second-order valence-corrected chi connectivity index (χ2v) is 6.46. The van der Waals surface area contributed by atoms with Gasteiger partial charge in [0.15, 0.2) is 0 Å². The van der Waals surface area contributed by atoms with E-state index in [1.54, 1.807) is 16.0 Å². The largest absolute Gasteiger partial charge is 0.394 e. The molecule has 0 radical (unpaired) electrons. The predicted molar refractivity (Wildman–Crippen MR) is 96.7 cm³/mol. The number of aliphatic hydroxyl groups is 1. The van der Waals surface area contributed by atoms with E-state index in [-0.39, 0.29) is 6.61 Å². The van der Waals surface area contributed by atoms with Crippen LogP contribution in [0.15, 0.2) is 41.8 Å². The highest BCUT2D eigenvalue weighted by molar-refractivity contribution is 7.13. The molecule has 0 saturated carbocycles. The molecular formula is C17H17N5OS. The van der Waals surface area contributed by atoms with Crippen LogP contribution in [0.25, 0.3) is 33.0 Å². The van der Waals surface area contributed by atoms with Crippen molar-refractivity contribution in [3.05, 3.63) is 41.8 Å². The van der Waals surface area contributed by atoms with Gasteiger partial charge in [-0.1, -0.05) is 18.2 Å². The van der Waals surface area contributed by atoms with Crippen molar-refractivity contribution in [2.24, 2.45) is 7.05 Å². The number of aryl methyl sites for hydroxylation is 1. The number of anilines is 1. The number of benzene rings is 1. The average Bonchev–Trinajstić information content (AvgIpc) is 3.28. The van der Waals surface area contributed by atoms with E-state index in [9.17, 15) is 5.11 Å². The summed E-state index contributed by atoms with van der Waals surface area (Å²) in [7, 11) is 1.98. The molecule has 7 heteroatoms. The third kappa shape index (κ3) is 2.21. The number of aliphatic hydroxyl groups excluding tert-OH is 1. The zero-order valence-electron chi connectivity index (χ0n) is 13.2. The number of nitrogens with zero attached hydrogens (tertiary/aromatic N) is 4. The van der Waals surface area contributed by atoms with Gasteiger partial charge in [-0.25, -0.2) is 9.67 Å². The van der Waals surface area contributed by atoms with Crippen molar-refractivity contribution in [2.45, 2.75) is 6.54 Å². The summed E-state index contributed by atoms with van der Waals surface area (Å²) >= 11 is 1.61. The normalized spacial score (nSPS) is 11.4. The van der Waals surface area contributed by atoms with Crippen LogP contribution >= 0.6 is 11.3 Å². The van der Waals surface area contributed by atoms with Gasteiger partial charge in [0, 0.05) is 7.05 Å². The molecule has 1 aromatic carbocycles. The highest BCUT2D eigenvalue weighted by atomic mass is 32.1. The number of para-hydroxylation sites is 2. The molecule has 0 saturated heterocycles. The highest BCUT2D eigenvalue weighted by Crippen LogP contribution is 2.38. The summed E-state index contributed by atoms with van der Waals surface area (Å²) in [5.74, 6) is 1.30. The van der Waals surface area contributed by atoms with Crippen LogP contribution in [0.3, 0.4) is 0 Å². The molecule has 3 aromatic heterocycles. The van der Waals surface area contributed by atoms with Gasteiger partial charge in [-0.05, 0) is 23.6 Å². The minimum absolute atomic E-state index is 0.0161. The third-order valence-corrected chi connectivity index (χ3v) is 4.95. The van der Waals surface area contributed by atoms with Gasteiger partial charge in [-0.15, -0.1) is 11.3 Å². The summed E-state index contributed by atoms with van der Waals surface area (Å²) in [6.45, 7) is 0.339. The lowest BCUT2D eigenvalue weighted by molar-refractivity contribution is 0.270. The van der Waals surface area contributed by atoms with Gasteiger partial charge < -0.3 is 15.4 Å². The molecule has 3 heterocycles. The quantitative estimate of drug-likeness (QED) is 0.599. The van der Waals surface area contributed by atoms with Crippen molar-refractivity contribution in [1.29, 1.82) is 0 Å². The minimum Gasteiger partial charge on any atom is -0.394 e. The zero-order chi connectivity index (χ0) is 16.7. The molecule has 24 heavy (non-hydrogen) atoms.